The lowest BCUT2D eigenvalue weighted by atomic mass is 10.1. The highest BCUT2D eigenvalue weighted by Crippen LogP contribution is 2.15. The van der Waals surface area contributed by atoms with Crippen molar-refractivity contribution in [3.8, 4) is 5.75 Å². The number of benzene rings is 2. The number of carbonyl (C=O) groups is 1. The first kappa shape index (κ1) is 16.9. The van der Waals surface area contributed by atoms with Crippen LogP contribution in [0.1, 0.15) is 17.5 Å². The molecule has 3 nitrogen and oxygen atoms in total. The van der Waals surface area contributed by atoms with Crippen molar-refractivity contribution in [1.29, 1.82) is 0 Å². The van der Waals surface area contributed by atoms with Gasteiger partial charge >= 0.3 is 0 Å². The van der Waals surface area contributed by atoms with Gasteiger partial charge in [0.05, 0.1) is 7.11 Å². The third-order valence-electron chi connectivity index (χ3n) is 3.63. The maximum atomic E-state index is 13.6. The van der Waals surface area contributed by atoms with Gasteiger partial charge in [-0.3, -0.25) is 4.79 Å². The molecule has 0 spiro atoms. The van der Waals surface area contributed by atoms with E-state index in [1.807, 2.05) is 24.3 Å². The van der Waals surface area contributed by atoms with Crippen LogP contribution in [-0.4, -0.2) is 25.0 Å². The minimum Gasteiger partial charge on any atom is -0.497 e. The number of amides is 1. The number of rotatable bonds is 6. The smallest absolute Gasteiger partial charge is 0.222 e. The zero-order chi connectivity index (χ0) is 16.8. The lowest BCUT2D eigenvalue weighted by Gasteiger charge is -2.17. The van der Waals surface area contributed by atoms with Crippen molar-refractivity contribution in [2.24, 2.45) is 0 Å². The summed E-state index contributed by atoms with van der Waals surface area (Å²) in [4.78, 5) is 13.6. The standard InChI is InChI=1S/C18H19F2NO2/c1-21(12-14-6-7-15(19)11-17(14)20)18(22)10-5-13-3-8-16(23-2)9-4-13/h3-4,6-9,11H,5,10,12H2,1-2H3. The van der Waals surface area contributed by atoms with Gasteiger partial charge in [-0.2, -0.15) is 0 Å². The highest BCUT2D eigenvalue weighted by atomic mass is 19.1. The third kappa shape index (κ3) is 4.77. The Balaban J connectivity index is 1.89. The van der Waals surface area contributed by atoms with E-state index in [-0.39, 0.29) is 12.5 Å². The Morgan fingerprint density at radius 2 is 1.83 bits per heavy atom. The number of aryl methyl sites for hydroxylation is 1. The van der Waals surface area contributed by atoms with Gasteiger partial charge < -0.3 is 9.64 Å². The predicted molar refractivity (Wildman–Crippen MR) is 84.1 cm³/mol. The van der Waals surface area contributed by atoms with E-state index in [0.717, 1.165) is 17.4 Å². The number of carbonyl (C=O) groups excluding carboxylic acids is 1. The Morgan fingerprint density at radius 3 is 2.43 bits per heavy atom. The summed E-state index contributed by atoms with van der Waals surface area (Å²) in [5.41, 5.74) is 1.33. The zero-order valence-electron chi connectivity index (χ0n) is 13.2. The van der Waals surface area contributed by atoms with E-state index in [2.05, 4.69) is 0 Å². The van der Waals surface area contributed by atoms with Crippen LogP contribution < -0.4 is 4.74 Å². The Hall–Kier alpha value is -2.43. The predicted octanol–water partition coefficient (Wildman–Crippen LogP) is 3.56. The molecule has 0 aliphatic rings. The van der Waals surface area contributed by atoms with E-state index in [4.69, 9.17) is 4.74 Å². The summed E-state index contributed by atoms with van der Waals surface area (Å²) in [6, 6.07) is 10.9. The summed E-state index contributed by atoms with van der Waals surface area (Å²) in [6.07, 6.45) is 0.921. The summed E-state index contributed by atoms with van der Waals surface area (Å²) in [6.45, 7) is 0.119. The molecule has 0 heterocycles. The molecule has 0 atom stereocenters. The van der Waals surface area contributed by atoms with Crippen LogP contribution in [0.25, 0.3) is 0 Å². The molecule has 1 amide bonds. The van der Waals surface area contributed by atoms with Crippen molar-refractivity contribution < 1.29 is 18.3 Å². The second-order valence-electron chi connectivity index (χ2n) is 5.33. The van der Waals surface area contributed by atoms with E-state index >= 15 is 0 Å². The SMILES string of the molecule is COc1ccc(CCC(=O)N(C)Cc2ccc(F)cc2F)cc1. The quantitative estimate of drug-likeness (QED) is 0.815. The van der Waals surface area contributed by atoms with Crippen LogP contribution in [0.3, 0.4) is 0 Å². The fourth-order valence-corrected chi connectivity index (χ4v) is 2.23. The molecule has 0 radical (unpaired) electrons. The molecule has 2 aromatic rings. The molecule has 5 heteroatoms. The van der Waals surface area contributed by atoms with E-state index in [1.165, 1.54) is 17.0 Å². The average Bonchev–Trinajstić information content (AvgIpc) is 2.55. The summed E-state index contributed by atoms with van der Waals surface area (Å²) >= 11 is 0. The van der Waals surface area contributed by atoms with Gasteiger partial charge in [-0.15, -0.1) is 0 Å². The molecule has 2 rings (SSSR count). The summed E-state index contributed by atoms with van der Waals surface area (Å²) in [5, 5.41) is 0. The minimum atomic E-state index is -0.639. The number of methoxy groups -OCH3 is 1. The number of ether oxygens (including phenoxy) is 1. The van der Waals surface area contributed by atoms with Crippen molar-refractivity contribution in [3.63, 3.8) is 0 Å². The van der Waals surface area contributed by atoms with E-state index in [0.29, 0.717) is 18.4 Å². The van der Waals surface area contributed by atoms with Crippen LogP contribution in [0, 0.1) is 11.6 Å². The van der Waals surface area contributed by atoms with Gasteiger partial charge in [0, 0.05) is 31.6 Å². The van der Waals surface area contributed by atoms with Gasteiger partial charge in [0.15, 0.2) is 0 Å². The molecule has 23 heavy (non-hydrogen) atoms. The molecule has 122 valence electrons. The summed E-state index contributed by atoms with van der Waals surface area (Å²) < 4.78 is 31.6. The van der Waals surface area contributed by atoms with Crippen LogP contribution >= 0.6 is 0 Å². The Morgan fingerprint density at radius 1 is 1.13 bits per heavy atom. The summed E-state index contributed by atoms with van der Waals surface area (Å²) in [7, 11) is 3.21. The molecule has 0 unspecified atom stereocenters. The summed E-state index contributed by atoms with van der Waals surface area (Å²) in [5.74, 6) is -0.590. The number of hydrogen-bond donors (Lipinski definition) is 0. The van der Waals surface area contributed by atoms with Crippen molar-refractivity contribution in [1.82, 2.24) is 4.90 Å². The van der Waals surface area contributed by atoms with Crippen LogP contribution in [0.15, 0.2) is 42.5 Å². The van der Waals surface area contributed by atoms with Gasteiger partial charge in [-0.1, -0.05) is 18.2 Å². The first-order valence-electron chi connectivity index (χ1n) is 7.30. The van der Waals surface area contributed by atoms with Crippen molar-refractivity contribution in [3.05, 3.63) is 65.2 Å². The second kappa shape index (κ2) is 7.72. The van der Waals surface area contributed by atoms with E-state index in [9.17, 15) is 13.6 Å². The molecule has 2 aromatic carbocycles. The number of nitrogens with zero attached hydrogens (tertiary/aromatic N) is 1. The van der Waals surface area contributed by atoms with Gasteiger partial charge in [-0.05, 0) is 30.2 Å². The molecule has 0 bridgehead atoms. The first-order chi connectivity index (χ1) is 11.0. The van der Waals surface area contributed by atoms with E-state index < -0.39 is 11.6 Å². The first-order valence-corrected chi connectivity index (χ1v) is 7.30. The Labute approximate surface area is 134 Å². The van der Waals surface area contributed by atoms with Crippen molar-refractivity contribution >= 4 is 5.91 Å². The second-order valence-corrected chi connectivity index (χ2v) is 5.33. The molecule has 0 saturated carbocycles. The number of halogens is 2. The normalized spacial score (nSPS) is 10.4. The lowest BCUT2D eigenvalue weighted by molar-refractivity contribution is -0.130. The van der Waals surface area contributed by atoms with Crippen LogP contribution in [0.5, 0.6) is 5.75 Å². The molecular weight excluding hydrogens is 300 g/mol. The van der Waals surface area contributed by atoms with E-state index in [1.54, 1.807) is 14.2 Å². The number of hydrogen-bond acceptors (Lipinski definition) is 2. The molecule has 0 fully saturated rings. The van der Waals surface area contributed by atoms with Gasteiger partial charge in [0.2, 0.25) is 5.91 Å². The fourth-order valence-electron chi connectivity index (χ4n) is 2.23. The Bertz CT molecular complexity index is 671. The van der Waals surface area contributed by atoms with Crippen molar-refractivity contribution in [2.75, 3.05) is 14.2 Å². The maximum Gasteiger partial charge on any atom is 0.222 e. The highest BCUT2D eigenvalue weighted by molar-refractivity contribution is 5.76. The third-order valence-corrected chi connectivity index (χ3v) is 3.63. The topological polar surface area (TPSA) is 29.5 Å². The largest absolute Gasteiger partial charge is 0.497 e. The van der Waals surface area contributed by atoms with Crippen LogP contribution in [-0.2, 0) is 17.8 Å². The van der Waals surface area contributed by atoms with Crippen LogP contribution in [0.4, 0.5) is 8.78 Å². The van der Waals surface area contributed by atoms with Crippen LogP contribution in [0.2, 0.25) is 0 Å². The highest BCUT2D eigenvalue weighted by Gasteiger charge is 2.12. The molecule has 0 aromatic heterocycles. The van der Waals surface area contributed by atoms with Gasteiger partial charge in [0.1, 0.15) is 17.4 Å². The maximum absolute atomic E-state index is 13.6. The van der Waals surface area contributed by atoms with Crippen molar-refractivity contribution in [2.45, 2.75) is 19.4 Å². The zero-order valence-corrected chi connectivity index (χ0v) is 13.2. The molecule has 0 saturated heterocycles. The van der Waals surface area contributed by atoms with Gasteiger partial charge in [-0.25, -0.2) is 8.78 Å². The molecule has 0 N–H and O–H groups in total. The molecular formula is C18H19F2NO2. The average molecular weight is 319 g/mol. The lowest BCUT2D eigenvalue weighted by Crippen LogP contribution is -2.26. The molecule has 0 aliphatic heterocycles. The molecule has 0 aliphatic carbocycles. The Kier molecular flexibility index (Phi) is 5.68. The minimum absolute atomic E-state index is 0.0930. The van der Waals surface area contributed by atoms with Gasteiger partial charge in [0.25, 0.3) is 0 Å². The fraction of sp³-hybridized carbons (Fsp3) is 0.278. The monoisotopic (exact) mass is 319 g/mol.